The predicted molar refractivity (Wildman–Crippen MR) is 39.8 cm³/mol. The summed E-state index contributed by atoms with van der Waals surface area (Å²) in [5.41, 5.74) is 0. The zero-order chi connectivity index (χ0) is 10.6. The second-order valence-corrected chi connectivity index (χ2v) is 1.17. The van der Waals surface area contributed by atoms with Gasteiger partial charge in [-0.3, -0.25) is 9.59 Å². The van der Waals surface area contributed by atoms with Crippen molar-refractivity contribution >= 4 is 18.4 Å². The van der Waals surface area contributed by atoms with E-state index >= 15 is 0 Å². The highest BCUT2D eigenvalue weighted by atomic mass is 16.4. The largest absolute Gasteiger partial charge is 0.483 e. The molecule has 6 heteroatoms. The molecule has 0 fully saturated rings. The van der Waals surface area contributed by atoms with Crippen LogP contribution in [0, 0.1) is 0 Å². The lowest BCUT2D eigenvalue weighted by atomic mass is 10.7. The van der Waals surface area contributed by atoms with E-state index < -0.39 is 11.9 Å². The molecule has 0 aromatic heterocycles. The first-order chi connectivity index (χ1) is 5.42. The SMILES string of the molecule is C=CC(=O)O.CC(=O)O.O=CO. The molecule has 0 aliphatic heterocycles. The number of carboxylic acid groups (broad SMARTS) is 3. The van der Waals surface area contributed by atoms with Gasteiger partial charge in [-0.2, -0.15) is 0 Å². The molecule has 0 aromatic rings. The molecule has 12 heavy (non-hydrogen) atoms. The molecule has 0 aliphatic rings. The summed E-state index contributed by atoms with van der Waals surface area (Å²) < 4.78 is 0. The maximum absolute atomic E-state index is 9.25. The van der Waals surface area contributed by atoms with Gasteiger partial charge in [-0.15, -0.1) is 0 Å². The van der Waals surface area contributed by atoms with Crippen LogP contribution in [0.15, 0.2) is 12.7 Å². The first-order valence-electron chi connectivity index (χ1n) is 2.55. The summed E-state index contributed by atoms with van der Waals surface area (Å²) >= 11 is 0. The Hall–Kier alpha value is -1.85. The molecule has 0 unspecified atom stereocenters. The smallest absolute Gasteiger partial charge is 0.327 e. The van der Waals surface area contributed by atoms with Crippen LogP contribution in [0.4, 0.5) is 0 Å². The number of aliphatic carboxylic acids is 2. The summed E-state index contributed by atoms with van der Waals surface area (Å²) in [5.74, 6) is -1.81. The maximum atomic E-state index is 9.25. The molecule has 3 N–H and O–H groups in total. The molecular weight excluding hydrogens is 168 g/mol. The van der Waals surface area contributed by atoms with Crippen molar-refractivity contribution in [1.82, 2.24) is 0 Å². The molecule has 0 bridgehead atoms. The van der Waals surface area contributed by atoms with Crippen molar-refractivity contribution in [3.05, 3.63) is 12.7 Å². The van der Waals surface area contributed by atoms with E-state index in [1.54, 1.807) is 0 Å². The molecule has 0 rings (SSSR count). The van der Waals surface area contributed by atoms with E-state index in [-0.39, 0.29) is 6.47 Å². The minimum atomic E-state index is -0.981. The van der Waals surface area contributed by atoms with Gasteiger partial charge in [0.05, 0.1) is 0 Å². The molecule has 0 radical (unpaired) electrons. The normalized spacial score (nSPS) is 5.75. The minimum Gasteiger partial charge on any atom is -0.483 e. The average Bonchev–Trinajstić information content (AvgIpc) is 1.88. The van der Waals surface area contributed by atoms with Crippen molar-refractivity contribution in [1.29, 1.82) is 0 Å². The lowest BCUT2D eigenvalue weighted by Gasteiger charge is -1.64. The highest BCUT2D eigenvalue weighted by Gasteiger charge is 1.73. The van der Waals surface area contributed by atoms with Crippen LogP contribution in [-0.2, 0) is 14.4 Å². The van der Waals surface area contributed by atoms with Crippen molar-refractivity contribution in [2.24, 2.45) is 0 Å². The van der Waals surface area contributed by atoms with E-state index in [0.717, 1.165) is 13.0 Å². The third-order valence-corrected chi connectivity index (χ3v) is 0.175. The minimum absolute atomic E-state index is 0.250. The second kappa shape index (κ2) is 16.1. The van der Waals surface area contributed by atoms with Gasteiger partial charge in [0.15, 0.2) is 0 Å². The van der Waals surface area contributed by atoms with Gasteiger partial charge in [0, 0.05) is 13.0 Å². The zero-order valence-corrected chi connectivity index (χ0v) is 6.43. The molecule has 70 valence electrons. The van der Waals surface area contributed by atoms with Crippen molar-refractivity contribution in [3.63, 3.8) is 0 Å². The highest BCUT2D eigenvalue weighted by molar-refractivity contribution is 5.78. The third-order valence-electron chi connectivity index (χ3n) is 0.175. The number of rotatable bonds is 1. The van der Waals surface area contributed by atoms with E-state index in [9.17, 15) is 4.79 Å². The first-order valence-corrected chi connectivity index (χ1v) is 2.55. The van der Waals surface area contributed by atoms with E-state index in [0.29, 0.717) is 0 Å². The monoisotopic (exact) mass is 178 g/mol. The Balaban J connectivity index is -0.000000105. The zero-order valence-electron chi connectivity index (χ0n) is 6.43. The molecule has 0 saturated heterocycles. The third kappa shape index (κ3) is 18500. The predicted octanol–water partition coefficient (Wildman–Crippen LogP) is 0.0487. The van der Waals surface area contributed by atoms with Crippen LogP contribution in [0.3, 0.4) is 0 Å². The van der Waals surface area contributed by atoms with E-state index in [1.807, 2.05) is 0 Å². The van der Waals surface area contributed by atoms with E-state index in [1.165, 1.54) is 0 Å². The summed E-state index contributed by atoms with van der Waals surface area (Å²) in [5, 5.41) is 21.9. The molecule has 6 nitrogen and oxygen atoms in total. The molecule has 0 aliphatic carbocycles. The van der Waals surface area contributed by atoms with E-state index in [4.69, 9.17) is 24.9 Å². The molecule has 0 aromatic carbocycles. The van der Waals surface area contributed by atoms with Crippen molar-refractivity contribution in [2.45, 2.75) is 6.92 Å². The van der Waals surface area contributed by atoms with Crippen molar-refractivity contribution < 1.29 is 29.7 Å². The molecule has 0 heterocycles. The second-order valence-electron chi connectivity index (χ2n) is 1.17. The molecule has 0 atom stereocenters. The molecule has 0 amide bonds. The van der Waals surface area contributed by atoms with Gasteiger partial charge in [0.1, 0.15) is 0 Å². The Bertz CT molecular complexity index is 146. The van der Waals surface area contributed by atoms with Crippen LogP contribution in [-0.4, -0.2) is 33.7 Å². The fourth-order valence-electron chi connectivity index (χ4n) is 0. The van der Waals surface area contributed by atoms with Crippen LogP contribution in [0.25, 0.3) is 0 Å². The first kappa shape index (κ1) is 16.6. The number of carbonyl (C=O) groups is 3. The fourth-order valence-corrected chi connectivity index (χ4v) is 0. The van der Waals surface area contributed by atoms with Crippen molar-refractivity contribution in [3.8, 4) is 0 Å². The topological polar surface area (TPSA) is 112 Å². The quantitative estimate of drug-likeness (QED) is 0.386. The Labute approximate surface area is 68.8 Å². The van der Waals surface area contributed by atoms with Gasteiger partial charge >= 0.3 is 5.97 Å². The summed E-state index contributed by atoms with van der Waals surface area (Å²) in [4.78, 5) is 26.6. The van der Waals surface area contributed by atoms with Gasteiger partial charge in [-0.05, 0) is 0 Å². The van der Waals surface area contributed by atoms with Gasteiger partial charge in [-0.1, -0.05) is 6.58 Å². The maximum Gasteiger partial charge on any atom is 0.327 e. The molecule has 0 saturated carbocycles. The van der Waals surface area contributed by atoms with Gasteiger partial charge in [0.2, 0.25) is 0 Å². The van der Waals surface area contributed by atoms with Crippen LogP contribution in [0.2, 0.25) is 0 Å². The fraction of sp³-hybridized carbons (Fsp3) is 0.167. The summed E-state index contributed by atoms with van der Waals surface area (Å²) in [7, 11) is 0. The lowest BCUT2D eigenvalue weighted by molar-refractivity contribution is -0.134. The van der Waals surface area contributed by atoms with Gasteiger partial charge < -0.3 is 15.3 Å². The van der Waals surface area contributed by atoms with Gasteiger partial charge in [-0.25, -0.2) is 4.79 Å². The summed E-state index contributed by atoms with van der Waals surface area (Å²) in [6.45, 7) is 3.79. The van der Waals surface area contributed by atoms with Crippen LogP contribution in [0.1, 0.15) is 6.92 Å². The lowest BCUT2D eigenvalue weighted by Crippen LogP contribution is -1.82. The Morgan fingerprint density at radius 3 is 1.42 bits per heavy atom. The number of carboxylic acids is 2. The van der Waals surface area contributed by atoms with Crippen molar-refractivity contribution in [2.75, 3.05) is 0 Å². The highest BCUT2D eigenvalue weighted by Crippen LogP contribution is 1.54. The number of hydrogen-bond acceptors (Lipinski definition) is 3. The standard InChI is InChI=1S/C3H4O2.C2H4O2.CH2O2/c1-2-3(4)5;1-2(3)4;2-1-3/h2H,1H2,(H,4,5);1H3,(H,3,4);1H,(H,2,3). The Morgan fingerprint density at radius 1 is 1.33 bits per heavy atom. The molecular formula is C6H10O6. The van der Waals surface area contributed by atoms with Crippen LogP contribution >= 0.6 is 0 Å². The summed E-state index contributed by atoms with van der Waals surface area (Å²) in [6, 6.07) is 0. The Morgan fingerprint density at radius 2 is 1.42 bits per heavy atom. The average molecular weight is 178 g/mol. The number of hydrogen-bond donors (Lipinski definition) is 3. The Kier molecular flexibility index (Phi) is 22.3. The molecule has 0 spiro atoms. The van der Waals surface area contributed by atoms with Gasteiger partial charge in [0.25, 0.3) is 12.4 Å². The van der Waals surface area contributed by atoms with Crippen LogP contribution < -0.4 is 0 Å². The van der Waals surface area contributed by atoms with Crippen LogP contribution in [0.5, 0.6) is 0 Å². The summed E-state index contributed by atoms with van der Waals surface area (Å²) in [6.07, 6.45) is 0.833. The van der Waals surface area contributed by atoms with E-state index in [2.05, 4.69) is 6.58 Å².